The second kappa shape index (κ2) is 6.52. The number of likely N-dealkylation sites (N-methyl/N-ethyl adjacent to an activating group) is 1. The number of carbonyl (C=O) groups is 1. The third-order valence-electron chi connectivity index (χ3n) is 3.05. The monoisotopic (exact) mass is 331 g/mol. The summed E-state index contributed by atoms with van der Waals surface area (Å²) >= 11 is 3.49. The van der Waals surface area contributed by atoms with E-state index in [0.717, 1.165) is 15.9 Å². The van der Waals surface area contributed by atoms with E-state index in [0.29, 0.717) is 19.7 Å². The van der Waals surface area contributed by atoms with Crippen molar-refractivity contribution in [1.29, 1.82) is 0 Å². The summed E-state index contributed by atoms with van der Waals surface area (Å²) in [5.41, 5.74) is 1.15. The van der Waals surface area contributed by atoms with Gasteiger partial charge in [-0.3, -0.25) is 4.68 Å². The number of ether oxygens (including phenoxy) is 1. The molecule has 0 radical (unpaired) electrons. The molecule has 108 valence electrons. The third-order valence-corrected chi connectivity index (χ3v) is 4.20. The summed E-state index contributed by atoms with van der Waals surface area (Å²) in [5, 5.41) is 7.64. The average Bonchev–Trinajstić information content (AvgIpc) is 2.57. The first-order valence-corrected chi connectivity index (χ1v) is 7.26. The van der Waals surface area contributed by atoms with Crippen LogP contribution in [0.1, 0.15) is 32.2 Å². The Hall–Kier alpha value is -0.880. The van der Waals surface area contributed by atoms with Crippen LogP contribution in [0.3, 0.4) is 0 Å². The van der Waals surface area contributed by atoms with Crippen molar-refractivity contribution in [3.8, 4) is 0 Å². The molecule has 1 aromatic heterocycles. The molecule has 0 aliphatic heterocycles. The largest absolute Gasteiger partial charge is 0.465 e. The molecule has 0 fully saturated rings. The Bertz CT molecular complexity index is 459. The lowest BCUT2D eigenvalue weighted by molar-refractivity contribution is -0.151. The van der Waals surface area contributed by atoms with E-state index in [-0.39, 0.29) is 5.97 Å². The predicted molar refractivity (Wildman–Crippen MR) is 78.1 cm³/mol. The Morgan fingerprint density at radius 3 is 2.53 bits per heavy atom. The normalized spacial score (nSPS) is 14.2. The summed E-state index contributed by atoms with van der Waals surface area (Å²) in [6.45, 7) is 11.0. The maximum atomic E-state index is 12.1. The van der Waals surface area contributed by atoms with Gasteiger partial charge >= 0.3 is 5.97 Å². The molecule has 0 saturated heterocycles. The van der Waals surface area contributed by atoms with E-state index in [1.807, 2.05) is 39.3 Å². The number of aromatic nitrogens is 2. The lowest BCUT2D eigenvalue weighted by Gasteiger charge is -2.28. The van der Waals surface area contributed by atoms with Gasteiger partial charge in [-0.2, -0.15) is 5.10 Å². The Labute approximate surface area is 122 Å². The molecular weight excluding hydrogens is 310 g/mol. The fraction of sp³-hybridized carbons (Fsp3) is 0.692. The van der Waals surface area contributed by atoms with Crippen LogP contribution in [-0.4, -0.2) is 34.4 Å². The molecule has 0 bridgehead atoms. The van der Waals surface area contributed by atoms with Crippen molar-refractivity contribution in [2.75, 3.05) is 13.2 Å². The fourth-order valence-corrected chi connectivity index (χ4v) is 2.29. The molecule has 0 spiro atoms. The number of aryl methyl sites for hydroxylation is 1. The number of esters is 1. The molecule has 1 rings (SSSR count). The second-order valence-corrected chi connectivity index (χ2v) is 5.52. The van der Waals surface area contributed by atoms with Crippen LogP contribution in [0, 0.1) is 13.8 Å². The molecule has 0 aliphatic rings. The van der Waals surface area contributed by atoms with Gasteiger partial charge in [-0.15, -0.1) is 0 Å². The van der Waals surface area contributed by atoms with Crippen molar-refractivity contribution in [2.45, 2.75) is 46.7 Å². The van der Waals surface area contributed by atoms with Gasteiger partial charge in [-0.25, -0.2) is 4.79 Å². The van der Waals surface area contributed by atoms with E-state index in [4.69, 9.17) is 4.74 Å². The van der Waals surface area contributed by atoms with Crippen molar-refractivity contribution < 1.29 is 9.53 Å². The molecule has 6 heteroatoms. The Morgan fingerprint density at radius 2 is 2.11 bits per heavy atom. The zero-order chi connectivity index (χ0) is 14.6. The van der Waals surface area contributed by atoms with Crippen LogP contribution in [0.25, 0.3) is 0 Å². The van der Waals surface area contributed by atoms with Crippen molar-refractivity contribution in [1.82, 2.24) is 15.1 Å². The number of nitrogens with zero attached hydrogens (tertiary/aromatic N) is 2. The number of hydrogen-bond acceptors (Lipinski definition) is 4. The van der Waals surface area contributed by atoms with E-state index in [9.17, 15) is 4.79 Å². The number of nitrogens with one attached hydrogen (secondary N) is 1. The van der Waals surface area contributed by atoms with E-state index in [2.05, 4.69) is 26.3 Å². The molecule has 0 aliphatic carbocycles. The molecule has 19 heavy (non-hydrogen) atoms. The van der Waals surface area contributed by atoms with Gasteiger partial charge < -0.3 is 10.1 Å². The molecule has 1 atom stereocenters. The molecule has 5 nitrogen and oxygen atoms in total. The number of carbonyl (C=O) groups excluding carboxylic acids is 1. The van der Waals surface area contributed by atoms with Gasteiger partial charge in [0, 0.05) is 5.69 Å². The Kier molecular flexibility index (Phi) is 5.55. The van der Waals surface area contributed by atoms with Crippen LogP contribution >= 0.6 is 15.9 Å². The molecule has 1 aromatic rings. The molecular formula is C13H22BrN3O2. The summed E-state index contributed by atoms with van der Waals surface area (Å²) < 4.78 is 7.97. The maximum Gasteiger partial charge on any atom is 0.327 e. The van der Waals surface area contributed by atoms with Crippen molar-refractivity contribution in [3.05, 3.63) is 15.9 Å². The van der Waals surface area contributed by atoms with Gasteiger partial charge in [-0.1, -0.05) is 6.92 Å². The van der Waals surface area contributed by atoms with E-state index < -0.39 is 5.54 Å². The lowest BCUT2D eigenvalue weighted by atomic mass is 10.0. The average molecular weight is 332 g/mol. The summed E-state index contributed by atoms with van der Waals surface area (Å²) in [6, 6.07) is 0. The molecule has 0 aromatic carbocycles. The lowest BCUT2D eigenvalue weighted by Crippen LogP contribution is -2.53. The summed E-state index contributed by atoms with van der Waals surface area (Å²) in [5.74, 6) is -0.250. The van der Waals surface area contributed by atoms with Crippen LogP contribution in [0.4, 0.5) is 0 Å². The maximum absolute atomic E-state index is 12.1. The van der Waals surface area contributed by atoms with Crippen molar-refractivity contribution >= 4 is 21.9 Å². The number of hydrogen-bond donors (Lipinski definition) is 1. The second-order valence-electron chi connectivity index (χ2n) is 4.73. The van der Waals surface area contributed by atoms with Crippen LogP contribution in [-0.2, 0) is 16.1 Å². The Morgan fingerprint density at radius 1 is 1.47 bits per heavy atom. The highest BCUT2D eigenvalue weighted by atomic mass is 79.9. The van der Waals surface area contributed by atoms with Crippen LogP contribution in [0.2, 0.25) is 0 Å². The van der Waals surface area contributed by atoms with Gasteiger partial charge in [0.2, 0.25) is 0 Å². The first kappa shape index (κ1) is 16.2. The van der Waals surface area contributed by atoms with Crippen LogP contribution < -0.4 is 5.32 Å². The molecule has 1 N–H and O–H groups in total. The van der Waals surface area contributed by atoms with Crippen LogP contribution in [0.15, 0.2) is 4.47 Å². The zero-order valence-corrected chi connectivity index (χ0v) is 13.8. The van der Waals surface area contributed by atoms with Gasteiger partial charge in [0.25, 0.3) is 0 Å². The minimum absolute atomic E-state index is 0.250. The van der Waals surface area contributed by atoms with E-state index in [1.54, 1.807) is 0 Å². The fourth-order valence-electron chi connectivity index (χ4n) is 2.00. The first-order chi connectivity index (χ1) is 8.85. The molecule has 0 saturated carbocycles. The first-order valence-electron chi connectivity index (χ1n) is 6.47. The third kappa shape index (κ3) is 3.57. The van der Waals surface area contributed by atoms with Gasteiger partial charge in [0.05, 0.1) is 23.3 Å². The zero-order valence-electron chi connectivity index (χ0n) is 12.2. The van der Waals surface area contributed by atoms with Gasteiger partial charge in [0.1, 0.15) is 5.54 Å². The minimum Gasteiger partial charge on any atom is -0.465 e. The molecule has 1 heterocycles. The van der Waals surface area contributed by atoms with E-state index >= 15 is 0 Å². The minimum atomic E-state index is -0.770. The SMILES string of the molecule is CCNC(C)(Cn1nc(C)c(Br)c1C)C(=O)OCC. The molecule has 0 amide bonds. The summed E-state index contributed by atoms with van der Waals surface area (Å²) in [7, 11) is 0. The Balaban J connectivity index is 3.00. The standard InChI is InChI=1S/C13H22BrN3O2/c1-6-15-13(5,12(18)19-7-2)8-17-10(4)11(14)9(3)16-17/h15H,6-8H2,1-5H3. The number of halogens is 1. The summed E-state index contributed by atoms with van der Waals surface area (Å²) in [6.07, 6.45) is 0. The predicted octanol–water partition coefficient (Wildman–Crippen LogP) is 2.19. The van der Waals surface area contributed by atoms with Crippen molar-refractivity contribution in [3.63, 3.8) is 0 Å². The highest BCUT2D eigenvalue weighted by Crippen LogP contribution is 2.22. The van der Waals surface area contributed by atoms with E-state index in [1.165, 1.54) is 0 Å². The van der Waals surface area contributed by atoms with Crippen LogP contribution in [0.5, 0.6) is 0 Å². The highest BCUT2D eigenvalue weighted by molar-refractivity contribution is 9.10. The highest BCUT2D eigenvalue weighted by Gasteiger charge is 2.35. The topological polar surface area (TPSA) is 56.2 Å². The van der Waals surface area contributed by atoms with Gasteiger partial charge in [-0.05, 0) is 50.2 Å². The quantitative estimate of drug-likeness (QED) is 0.812. The van der Waals surface area contributed by atoms with Gasteiger partial charge in [0.15, 0.2) is 0 Å². The van der Waals surface area contributed by atoms with Crippen molar-refractivity contribution in [2.24, 2.45) is 0 Å². The molecule has 1 unspecified atom stereocenters. The number of rotatable bonds is 6. The summed E-state index contributed by atoms with van der Waals surface area (Å²) in [4.78, 5) is 12.1. The smallest absolute Gasteiger partial charge is 0.327 e.